The van der Waals surface area contributed by atoms with Crippen LogP contribution >= 0.6 is 22.6 Å². The fraction of sp³-hybridized carbons (Fsp3) is 0.739. The van der Waals surface area contributed by atoms with Crippen LogP contribution in [0.4, 0.5) is 0 Å². The topological polar surface area (TPSA) is 37.4 Å². The van der Waals surface area contributed by atoms with Crippen molar-refractivity contribution in [1.82, 2.24) is 4.31 Å². The van der Waals surface area contributed by atoms with E-state index in [1.54, 1.807) is 0 Å². The first-order valence-corrected chi connectivity index (χ1v) is 13.9. The molecule has 0 aromatic heterocycles. The Balaban J connectivity index is 1.95. The van der Waals surface area contributed by atoms with Gasteiger partial charge in [-0.3, -0.25) is 0 Å². The Morgan fingerprint density at radius 2 is 1.71 bits per heavy atom. The van der Waals surface area contributed by atoms with Crippen LogP contribution in [0, 0.1) is 12.8 Å². The summed E-state index contributed by atoms with van der Waals surface area (Å²) in [6, 6.07) is 7.80. The van der Waals surface area contributed by atoms with E-state index in [4.69, 9.17) is 0 Å². The van der Waals surface area contributed by atoms with Gasteiger partial charge in [-0.15, -0.1) is 0 Å². The van der Waals surface area contributed by atoms with Crippen LogP contribution in [0.2, 0.25) is 0 Å². The summed E-state index contributed by atoms with van der Waals surface area (Å²) >= 11 is 2.58. The van der Waals surface area contributed by atoms with Gasteiger partial charge >= 0.3 is 0 Å². The third-order valence-corrected chi connectivity index (χ3v) is 9.65. The molecule has 2 fully saturated rings. The van der Waals surface area contributed by atoms with Gasteiger partial charge in [0.25, 0.3) is 0 Å². The summed E-state index contributed by atoms with van der Waals surface area (Å²) in [5.41, 5.74) is 1.10. The maximum Gasteiger partial charge on any atom is 0.243 e. The maximum absolute atomic E-state index is 13.8. The second-order valence-corrected chi connectivity index (χ2v) is 12.4. The fourth-order valence-corrected chi connectivity index (χ4v) is 8.16. The lowest BCUT2D eigenvalue weighted by Crippen LogP contribution is -2.55. The van der Waals surface area contributed by atoms with E-state index in [0.717, 1.165) is 31.2 Å². The molecule has 0 radical (unpaired) electrons. The zero-order valence-electron chi connectivity index (χ0n) is 17.4. The second-order valence-electron chi connectivity index (χ2n) is 8.83. The van der Waals surface area contributed by atoms with Gasteiger partial charge in [-0.1, -0.05) is 85.7 Å². The summed E-state index contributed by atoms with van der Waals surface area (Å²) in [5.74, 6) is 0.528. The fourth-order valence-electron chi connectivity index (χ4n) is 5.13. The minimum absolute atomic E-state index is 0.153. The van der Waals surface area contributed by atoms with Gasteiger partial charge in [0.15, 0.2) is 0 Å². The van der Waals surface area contributed by atoms with E-state index in [9.17, 15) is 8.42 Å². The van der Waals surface area contributed by atoms with Gasteiger partial charge in [0.2, 0.25) is 10.0 Å². The highest BCUT2D eigenvalue weighted by molar-refractivity contribution is 14.1. The van der Waals surface area contributed by atoms with Gasteiger partial charge in [0.05, 0.1) is 4.90 Å². The largest absolute Gasteiger partial charge is 0.243 e. The molecule has 5 heteroatoms. The lowest BCUT2D eigenvalue weighted by molar-refractivity contribution is 0.109. The predicted octanol–water partition coefficient (Wildman–Crippen LogP) is 6.48. The minimum Gasteiger partial charge on any atom is -0.207 e. The number of benzene rings is 1. The Labute approximate surface area is 185 Å². The molecule has 0 N–H and O–H groups in total. The van der Waals surface area contributed by atoms with Gasteiger partial charge in [0, 0.05) is 16.0 Å². The van der Waals surface area contributed by atoms with Gasteiger partial charge < -0.3 is 0 Å². The van der Waals surface area contributed by atoms with E-state index in [0.29, 0.717) is 14.7 Å². The van der Waals surface area contributed by atoms with Crippen molar-refractivity contribution in [2.24, 2.45) is 5.92 Å². The summed E-state index contributed by atoms with van der Waals surface area (Å²) in [5, 5.41) is 0. The van der Waals surface area contributed by atoms with E-state index in [-0.39, 0.29) is 12.1 Å². The molecule has 3 atom stereocenters. The van der Waals surface area contributed by atoms with Gasteiger partial charge in [-0.05, 0) is 57.1 Å². The number of rotatable bonds is 7. The Bertz CT molecular complexity index is 713. The normalized spacial score (nSPS) is 27.8. The second kappa shape index (κ2) is 10.3. The number of alkyl halides is 1. The number of hydrogen-bond acceptors (Lipinski definition) is 2. The Morgan fingerprint density at radius 1 is 1.04 bits per heavy atom. The lowest BCUT2D eigenvalue weighted by atomic mass is 9.79. The highest BCUT2D eigenvalue weighted by Gasteiger charge is 2.45. The molecular formula is C23H36INO2S. The highest BCUT2D eigenvalue weighted by atomic mass is 127. The highest BCUT2D eigenvalue weighted by Crippen LogP contribution is 2.42. The van der Waals surface area contributed by atoms with Crippen LogP contribution in [-0.2, 0) is 10.0 Å². The average Bonchev–Trinajstić information content (AvgIpc) is 2.68. The summed E-state index contributed by atoms with van der Waals surface area (Å²) in [4.78, 5) is 0.478. The van der Waals surface area contributed by atoms with Crippen molar-refractivity contribution in [2.75, 3.05) is 0 Å². The molecule has 0 unspecified atom stereocenters. The van der Waals surface area contributed by atoms with Crippen LogP contribution in [0.3, 0.4) is 0 Å². The molecule has 28 heavy (non-hydrogen) atoms. The Morgan fingerprint density at radius 3 is 2.36 bits per heavy atom. The molecule has 1 aliphatic carbocycles. The summed E-state index contributed by atoms with van der Waals surface area (Å²) in [6.07, 6.45) is 12.7. The zero-order valence-corrected chi connectivity index (χ0v) is 20.4. The van der Waals surface area contributed by atoms with Crippen molar-refractivity contribution in [3.63, 3.8) is 0 Å². The van der Waals surface area contributed by atoms with E-state index in [2.05, 4.69) is 29.5 Å². The molecule has 1 aromatic rings. The molecule has 1 saturated heterocycles. The van der Waals surface area contributed by atoms with Gasteiger partial charge in [-0.2, -0.15) is 4.31 Å². The number of unbranched alkanes of at least 4 members (excludes halogenated alkanes) is 2. The number of halogens is 1. The SMILES string of the molecule is CCCCC[C@@H]1C[C@H](I)C[C@H](C2CCCCC2)N1S(=O)(=O)c1ccc(C)cc1. The van der Waals surface area contributed by atoms with E-state index < -0.39 is 10.0 Å². The average molecular weight is 518 g/mol. The molecular weight excluding hydrogens is 481 g/mol. The van der Waals surface area contributed by atoms with E-state index in [1.165, 1.54) is 44.9 Å². The first-order chi connectivity index (χ1) is 13.4. The smallest absolute Gasteiger partial charge is 0.207 e. The number of hydrogen-bond donors (Lipinski definition) is 0. The van der Waals surface area contributed by atoms with Crippen LogP contribution in [0.25, 0.3) is 0 Å². The van der Waals surface area contributed by atoms with Gasteiger partial charge in [-0.25, -0.2) is 8.42 Å². The molecule has 158 valence electrons. The zero-order chi connectivity index (χ0) is 20.1. The molecule has 3 rings (SSSR count). The van der Waals surface area contributed by atoms with Crippen LogP contribution in [-0.4, -0.2) is 28.7 Å². The lowest BCUT2D eigenvalue weighted by Gasteiger charge is -2.47. The number of nitrogens with zero attached hydrogens (tertiary/aromatic N) is 1. The molecule has 1 aliphatic heterocycles. The molecule has 1 heterocycles. The molecule has 1 saturated carbocycles. The van der Waals surface area contributed by atoms with Crippen LogP contribution in [0.5, 0.6) is 0 Å². The molecule has 0 spiro atoms. The minimum atomic E-state index is -3.46. The summed E-state index contributed by atoms with van der Waals surface area (Å²) < 4.78 is 30.2. The third kappa shape index (κ3) is 5.31. The molecule has 2 aliphatic rings. The Kier molecular flexibility index (Phi) is 8.25. The van der Waals surface area contributed by atoms with Crippen molar-refractivity contribution in [3.05, 3.63) is 29.8 Å². The van der Waals surface area contributed by atoms with Crippen molar-refractivity contribution in [2.45, 2.75) is 105 Å². The van der Waals surface area contributed by atoms with Crippen molar-refractivity contribution >= 4 is 32.6 Å². The molecule has 3 nitrogen and oxygen atoms in total. The molecule has 0 bridgehead atoms. The summed E-state index contributed by atoms with van der Waals surface area (Å²) in [7, 11) is -3.46. The number of aryl methyl sites for hydroxylation is 1. The van der Waals surface area contributed by atoms with Crippen molar-refractivity contribution in [3.8, 4) is 0 Å². The first kappa shape index (κ1) is 22.5. The first-order valence-electron chi connectivity index (χ1n) is 11.2. The van der Waals surface area contributed by atoms with Crippen molar-refractivity contribution < 1.29 is 8.42 Å². The predicted molar refractivity (Wildman–Crippen MR) is 126 cm³/mol. The van der Waals surface area contributed by atoms with Crippen LogP contribution in [0.15, 0.2) is 29.2 Å². The van der Waals surface area contributed by atoms with Crippen molar-refractivity contribution in [1.29, 1.82) is 0 Å². The van der Waals surface area contributed by atoms with Gasteiger partial charge in [0.1, 0.15) is 0 Å². The van der Waals surface area contributed by atoms with Crippen LogP contribution in [0.1, 0.15) is 83.1 Å². The Hall–Kier alpha value is -0.140. The number of sulfonamides is 1. The maximum atomic E-state index is 13.8. The quantitative estimate of drug-likeness (QED) is 0.236. The van der Waals surface area contributed by atoms with Crippen LogP contribution < -0.4 is 0 Å². The van der Waals surface area contributed by atoms with E-state index in [1.807, 2.05) is 35.5 Å². The molecule has 0 amide bonds. The standard InChI is InChI=1S/C23H36INO2S/c1-3-4-6-11-21-16-20(24)17-23(19-9-7-5-8-10-19)25(21)28(26,27)22-14-12-18(2)13-15-22/h12-15,19-21,23H,3-11,16-17H2,1-2H3/t20-,21+,23+/m0/s1. The van der Waals surface area contributed by atoms with E-state index >= 15 is 0 Å². The monoisotopic (exact) mass is 517 g/mol. The third-order valence-electron chi connectivity index (χ3n) is 6.64. The molecule has 1 aromatic carbocycles. The summed E-state index contributed by atoms with van der Waals surface area (Å²) in [6.45, 7) is 4.23. The number of piperidine rings is 1.